The minimum absolute atomic E-state index is 0.0712. The van der Waals surface area contributed by atoms with E-state index in [1.807, 2.05) is 0 Å². The van der Waals surface area contributed by atoms with E-state index in [2.05, 4.69) is 4.72 Å². The molecular formula is C21H20ClN3O7S. The predicted octanol–water partition coefficient (Wildman–Crippen LogP) is 2.04. The van der Waals surface area contributed by atoms with E-state index in [0.717, 1.165) is 9.80 Å². The van der Waals surface area contributed by atoms with Gasteiger partial charge in [-0.25, -0.2) is 17.9 Å². The Morgan fingerprint density at radius 2 is 1.82 bits per heavy atom. The van der Waals surface area contributed by atoms with Crippen LogP contribution in [0, 0.1) is 0 Å². The van der Waals surface area contributed by atoms with E-state index >= 15 is 0 Å². The first-order valence-electron chi connectivity index (χ1n) is 9.93. The van der Waals surface area contributed by atoms with Gasteiger partial charge < -0.3 is 14.7 Å². The minimum atomic E-state index is -4.10. The van der Waals surface area contributed by atoms with E-state index in [4.69, 9.17) is 16.3 Å². The lowest BCUT2D eigenvalue weighted by Gasteiger charge is -2.25. The molecule has 0 spiro atoms. The maximum atomic E-state index is 13.0. The van der Waals surface area contributed by atoms with Gasteiger partial charge in [-0.3, -0.25) is 14.5 Å². The van der Waals surface area contributed by atoms with Crippen LogP contribution in [0.5, 0.6) is 5.75 Å². The molecule has 10 nitrogen and oxygen atoms in total. The zero-order valence-corrected chi connectivity index (χ0v) is 19.0. The molecule has 0 saturated carbocycles. The van der Waals surface area contributed by atoms with Crippen molar-refractivity contribution in [3.63, 3.8) is 0 Å². The van der Waals surface area contributed by atoms with Crippen molar-refractivity contribution in [1.29, 1.82) is 0 Å². The summed E-state index contributed by atoms with van der Waals surface area (Å²) in [4.78, 5) is 39.0. The van der Waals surface area contributed by atoms with E-state index in [9.17, 15) is 27.9 Å². The van der Waals surface area contributed by atoms with Crippen molar-refractivity contribution in [3.8, 4) is 5.75 Å². The van der Waals surface area contributed by atoms with Crippen LogP contribution >= 0.6 is 11.6 Å². The maximum absolute atomic E-state index is 13.0. The summed E-state index contributed by atoms with van der Waals surface area (Å²) in [5, 5.41) is 9.83. The number of benzene rings is 2. The molecule has 1 saturated heterocycles. The number of fused-ring (bicyclic) bond motifs is 1. The van der Waals surface area contributed by atoms with E-state index < -0.39 is 40.0 Å². The average Bonchev–Trinajstić information content (AvgIpc) is 3.28. The summed E-state index contributed by atoms with van der Waals surface area (Å²) < 4.78 is 33.5. The molecule has 12 heteroatoms. The topological polar surface area (TPSA) is 133 Å². The minimum Gasteiger partial charge on any atom is -0.495 e. The SMILES string of the molecule is COc1ccc(Cl)cc1S(=O)(=O)N[C@@H]1C[C@H](CN2C(=O)c3ccccc3C2=O)N(C(=O)O)C1. The van der Waals surface area contributed by atoms with Crippen LogP contribution in [0.1, 0.15) is 27.1 Å². The molecular weight excluding hydrogens is 474 g/mol. The lowest BCUT2D eigenvalue weighted by molar-refractivity contribution is 0.0603. The fourth-order valence-electron chi connectivity index (χ4n) is 4.17. The van der Waals surface area contributed by atoms with Crippen molar-refractivity contribution >= 4 is 39.5 Å². The van der Waals surface area contributed by atoms with Crippen molar-refractivity contribution in [2.75, 3.05) is 20.2 Å². The normalized spacial score (nSPS) is 20.3. The lowest BCUT2D eigenvalue weighted by Crippen LogP contribution is -2.44. The molecule has 2 atom stereocenters. The fraction of sp³-hybridized carbons (Fsp3) is 0.286. The Morgan fingerprint density at radius 3 is 2.39 bits per heavy atom. The second kappa shape index (κ2) is 8.65. The number of carboxylic acid groups (broad SMARTS) is 1. The third kappa shape index (κ3) is 4.26. The number of methoxy groups -OCH3 is 1. The monoisotopic (exact) mass is 493 g/mol. The smallest absolute Gasteiger partial charge is 0.407 e. The van der Waals surface area contributed by atoms with E-state index in [1.54, 1.807) is 12.1 Å². The Morgan fingerprint density at radius 1 is 1.18 bits per heavy atom. The molecule has 2 N–H and O–H groups in total. The molecule has 0 aliphatic carbocycles. The number of carbonyl (C=O) groups is 3. The number of likely N-dealkylation sites (tertiary alicyclic amines) is 1. The summed E-state index contributed by atoms with van der Waals surface area (Å²) in [6.45, 7) is -0.331. The number of rotatable bonds is 6. The Hall–Kier alpha value is -3.15. The molecule has 2 heterocycles. The molecule has 0 radical (unpaired) electrons. The highest BCUT2D eigenvalue weighted by Gasteiger charge is 2.43. The lowest BCUT2D eigenvalue weighted by atomic mass is 10.1. The third-order valence-corrected chi connectivity index (χ3v) is 7.45. The summed E-state index contributed by atoms with van der Waals surface area (Å²) in [6, 6.07) is 8.93. The molecule has 0 aromatic heterocycles. The van der Waals surface area contributed by atoms with Gasteiger partial charge in [0.1, 0.15) is 10.6 Å². The first-order valence-corrected chi connectivity index (χ1v) is 11.8. The third-order valence-electron chi connectivity index (χ3n) is 5.67. The average molecular weight is 494 g/mol. The van der Waals surface area contributed by atoms with Gasteiger partial charge >= 0.3 is 6.09 Å². The van der Waals surface area contributed by atoms with Gasteiger partial charge in [0, 0.05) is 24.2 Å². The van der Waals surface area contributed by atoms with Crippen LogP contribution < -0.4 is 9.46 Å². The van der Waals surface area contributed by atoms with Crippen molar-refractivity contribution in [2.24, 2.45) is 0 Å². The van der Waals surface area contributed by atoms with Gasteiger partial charge in [0.05, 0.1) is 24.3 Å². The predicted molar refractivity (Wildman–Crippen MR) is 117 cm³/mol. The largest absolute Gasteiger partial charge is 0.495 e. The summed E-state index contributed by atoms with van der Waals surface area (Å²) in [6.07, 6.45) is -1.21. The zero-order chi connectivity index (χ0) is 23.9. The number of carbonyl (C=O) groups excluding carboxylic acids is 2. The molecule has 2 aliphatic heterocycles. The standard InChI is InChI=1S/C21H20ClN3O7S/c1-32-17-7-6-12(22)8-18(17)33(30,31)23-13-9-14(24(10-13)21(28)29)11-25-19(26)15-4-2-3-5-16(15)20(25)27/h2-8,13-14,23H,9-11H2,1H3,(H,28,29)/t13-,14-/m1/s1. The van der Waals surface area contributed by atoms with Crippen LogP contribution in [0.2, 0.25) is 5.02 Å². The summed E-state index contributed by atoms with van der Waals surface area (Å²) >= 11 is 5.94. The van der Waals surface area contributed by atoms with Crippen molar-refractivity contribution in [3.05, 3.63) is 58.6 Å². The number of nitrogens with zero attached hydrogens (tertiary/aromatic N) is 2. The molecule has 4 rings (SSSR count). The molecule has 2 aromatic carbocycles. The Balaban J connectivity index is 1.53. The molecule has 0 bridgehead atoms. The van der Waals surface area contributed by atoms with Crippen molar-refractivity contribution < 1.29 is 32.6 Å². The zero-order valence-electron chi connectivity index (χ0n) is 17.4. The van der Waals surface area contributed by atoms with Crippen LogP contribution in [0.15, 0.2) is 47.4 Å². The van der Waals surface area contributed by atoms with Crippen LogP contribution in [0.3, 0.4) is 0 Å². The van der Waals surface area contributed by atoms with Gasteiger partial charge in [-0.05, 0) is 36.8 Å². The van der Waals surface area contributed by atoms with Crippen molar-refractivity contribution in [1.82, 2.24) is 14.5 Å². The summed E-state index contributed by atoms with van der Waals surface area (Å²) in [5.41, 5.74) is 0.514. The van der Waals surface area contributed by atoms with Gasteiger partial charge in [-0.1, -0.05) is 23.7 Å². The van der Waals surface area contributed by atoms with Crippen LogP contribution in [-0.4, -0.2) is 73.5 Å². The van der Waals surface area contributed by atoms with Crippen LogP contribution in [-0.2, 0) is 10.0 Å². The Bertz CT molecular complexity index is 1220. The van der Waals surface area contributed by atoms with E-state index in [1.165, 1.54) is 37.4 Å². The van der Waals surface area contributed by atoms with Crippen molar-refractivity contribution in [2.45, 2.75) is 23.4 Å². The Labute approximate surface area is 194 Å². The number of sulfonamides is 1. The number of nitrogens with one attached hydrogen (secondary N) is 1. The van der Waals surface area contributed by atoms with E-state index in [-0.39, 0.29) is 46.3 Å². The van der Waals surface area contributed by atoms with Gasteiger partial charge in [0.15, 0.2) is 0 Å². The molecule has 2 aromatic rings. The van der Waals surface area contributed by atoms with Gasteiger partial charge in [-0.2, -0.15) is 0 Å². The summed E-state index contributed by atoms with van der Waals surface area (Å²) in [7, 11) is -2.78. The number of hydrogen-bond donors (Lipinski definition) is 2. The molecule has 174 valence electrons. The number of ether oxygens (including phenoxy) is 1. The number of hydrogen-bond acceptors (Lipinski definition) is 6. The number of imide groups is 1. The first kappa shape index (κ1) is 23.0. The second-order valence-electron chi connectivity index (χ2n) is 7.70. The van der Waals surface area contributed by atoms with E-state index in [0.29, 0.717) is 0 Å². The number of halogens is 1. The maximum Gasteiger partial charge on any atom is 0.407 e. The van der Waals surface area contributed by atoms with Crippen LogP contribution in [0.4, 0.5) is 4.79 Å². The highest BCUT2D eigenvalue weighted by molar-refractivity contribution is 7.89. The first-order chi connectivity index (χ1) is 15.6. The Kier molecular flexibility index (Phi) is 6.04. The molecule has 3 amide bonds. The fourth-order valence-corrected chi connectivity index (χ4v) is 5.84. The highest BCUT2D eigenvalue weighted by atomic mass is 35.5. The highest BCUT2D eigenvalue weighted by Crippen LogP contribution is 2.30. The molecule has 1 fully saturated rings. The van der Waals surface area contributed by atoms with Gasteiger partial charge in [0.25, 0.3) is 11.8 Å². The molecule has 33 heavy (non-hydrogen) atoms. The second-order valence-corrected chi connectivity index (χ2v) is 9.82. The van der Waals surface area contributed by atoms with Crippen LogP contribution in [0.25, 0.3) is 0 Å². The van der Waals surface area contributed by atoms with Gasteiger partial charge in [-0.15, -0.1) is 0 Å². The summed E-state index contributed by atoms with van der Waals surface area (Å²) in [5.74, 6) is -0.926. The molecule has 2 aliphatic rings. The quantitative estimate of drug-likeness (QED) is 0.588. The van der Waals surface area contributed by atoms with Gasteiger partial charge in [0.2, 0.25) is 10.0 Å². The number of amides is 3. The molecule has 0 unspecified atom stereocenters.